The monoisotopic (exact) mass is 848 g/mol. The molecule has 4 N–H and O–H groups in total. The number of carbonyl (C=O) groups is 4. The van der Waals surface area contributed by atoms with Gasteiger partial charge < -0.3 is 33.7 Å². The molecule has 6 unspecified atom stereocenters. The summed E-state index contributed by atoms with van der Waals surface area (Å²) in [6, 6.07) is 13.6. The molecule has 4 aliphatic rings. The van der Waals surface area contributed by atoms with Crippen LogP contribution in [0.25, 0.3) is 33.2 Å². The lowest BCUT2D eigenvalue weighted by Gasteiger charge is -2.36. The van der Waals surface area contributed by atoms with Crippen LogP contribution in [0.4, 0.5) is 21.0 Å². The Morgan fingerprint density at radius 1 is 0.984 bits per heavy atom. The number of carbonyl (C=O) groups excluding carboxylic acids is 4. The molecule has 0 aliphatic carbocycles. The number of quaternary nitrogens is 1. The van der Waals surface area contributed by atoms with Crippen molar-refractivity contribution >= 4 is 58.2 Å². The van der Waals surface area contributed by atoms with E-state index in [1.165, 1.54) is 25.3 Å². The van der Waals surface area contributed by atoms with Gasteiger partial charge in [-0.05, 0) is 91.8 Å². The number of fused-ring (bicyclic) bond motifs is 6. The number of amidine groups is 1. The number of benzene rings is 3. The summed E-state index contributed by atoms with van der Waals surface area (Å²) < 4.78 is 21.6. The Kier molecular flexibility index (Phi) is 11.9. The number of nitrogens with one attached hydrogen (secondary N) is 2. The molecule has 62 heavy (non-hydrogen) atoms. The molecule has 16 heteroatoms. The Bertz CT molecular complexity index is 2480. The molecule has 4 amide bonds. The first-order valence-corrected chi connectivity index (χ1v) is 21.3. The second kappa shape index (κ2) is 17.3. The number of rotatable bonds is 10. The molecule has 326 valence electrons. The van der Waals surface area contributed by atoms with Gasteiger partial charge in [0.2, 0.25) is 17.6 Å². The van der Waals surface area contributed by atoms with Crippen molar-refractivity contribution < 1.29 is 48.4 Å². The number of hydrogen-bond donors (Lipinski definition) is 3. The van der Waals surface area contributed by atoms with E-state index in [2.05, 4.69) is 51.7 Å². The Hall–Kier alpha value is -6.13. The summed E-state index contributed by atoms with van der Waals surface area (Å²) in [6.45, 7) is 8.68. The Labute approximate surface area is 360 Å². The summed E-state index contributed by atoms with van der Waals surface area (Å²) in [5.74, 6) is 1.25. The van der Waals surface area contributed by atoms with Gasteiger partial charge in [0.15, 0.2) is 11.9 Å². The Morgan fingerprint density at radius 2 is 1.79 bits per heavy atom. The average molecular weight is 849 g/mol. The maximum absolute atomic E-state index is 14.1. The third-order valence-electron chi connectivity index (χ3n) is 13.0. The highest BCUT2D eigenvalue weighted by atomic mass is 16.5. The van der Waals surface area contributed by atoms with Crippen LogP contribution in [0.15, 0.2) is 53.7 Å². The number of nitrogens with zero attached hydrogens (tertiary/aromatic N) is 5. The van der Waals surface area contributed by atoms with Gasteiger partial charge in [0.25, 0.3) is 0 Å². The van der Waals surface area contributed by atoms with Crippen molar-refractivity contribution in [3.8, 4) is 28.1 Å². The molecule has 6 atom stereocenters. The maximum Gasteiger partial charge on any atom is 0.594 e. The smallest absolute Gasteiger partial charge is 0.488 e. The van der Waals surface area contributed by atoms with Crippen molar-refractivity contribution in [3.05, 3.63) is 60.0 Å². The van der Waals surface area contributed by atoms with Crippen molar-refractivity contribution in [1.82, 2.24) is 24.7 Å². The number of aromatic amines is 1. The van der Waals surface area contributed by atoms with E-state index >= 15 is 0 Å². The summed E-state index contributed by atoms with van der Waals surface area (Å²) in [5.41, 5.74) is 6.78. The van der Waals surface area contributed by atoms with E-state index in [1.807, 2.05) is 42.8 Å². The van der Waals surface area contributed by atoms with Gasteiger partial charge in [-0.2, -0.15) is 9.79 Å². The third-order valence-corrected chi connectivity index (χ3v) is 13.0. The van der Waals surface area contributed by atoms with E-state index in [0.29, 0.717) is 19.0 Å². The van der Waals surface area contributed by atoms with E-state index < -0.39 is 30.3 Å². The summed E-state index contributed by atoms with van der Waals surface area (Å²) in [6.07, 6.45) is 4.79. The highest BCUT2D eigenvalue weighted by Gasteiger charge is 2.44. The van der Waals surface area contributed by atoms with Crippen LogP contribution in [0.2, 0.25) is 0 Å². The third kappa shape index (κ3) is 7.70. The standard InChI is InChI=1S/C46H54N8O8/c1-24(2)40(52(5)46(58)61-8)44(56)54-25(3)11-16-37(54)41-47-22-35(50-41)28-12-14-30-29(18-28)23-62-38-20-31-27(19-32(30)38)13-15-34-39(31)51-42(49-34)36-10-9-17-53(36)43(55)33(26(4)59-6)21-48-45(57)60-7/h12-15,18-22,24-26,33,36-37,40H,9-11,16-17,23H2,1-8H3,(H,47,50)(H,49,51)/p+2. The summed E-state index contributed by atoms with van der Waals surface area (Å²) in [4.78, 5) is 73.4. The molecular weight excluding hydrogens is 793 g/mol. The number of nitrogens with two attached hydrogens (primary N) is 1. The fourth-order valence-electron chi connectivity index (χ4n) is 9.62. The van der Waals surface area contributed by atoms with Crippen molar-refractivity contribution in [2.75, 3.05) is 34.9 Å². The quantitative estimate of drug-likeness (QED) is 0.154. The molecule has 8 rings (SSSR count). The van der Waals surface area contributed by atoms with Gasteiger partial charge in [-0.1, -0.05) is 32.0 Å². The minimum absolute atomic E-state index is 0.0150. The molecule has 2 fully saturated rings. The lowest BCUT2D eigenvalue weighted by molar-refractivity contribution is -0.441. The van der Waals surface area contributed by atoms with Crippen molar-refractivity contribution in [2.24, 2.45) is 16.8 Å². The maximum atomic E-state index is 14.1. The van der Waals surface area contributed by atoms with Crippen molar-refractivity contribution in [2.45, 2.75) is 90.3 Å². The molecule has 0 saturated carbocycles. The van der Waals surface area contributed by atoms with E-state index in [-0.39, 0.29) is 35.9 Å². The molecule has 5 heterocycles. The zero-order chi connectivity index (χ0) is 44.0. The van der Waals surface area contributed by atoms with Crippen LogP contribution < -0.4 is 15.0 Å². The van der Waals surface area contributed by atoms with Gasteiger partial charge in [-0.25, -0.2) is 9.78 Å². The molecular formula is C46H56N8O8+2. The molecule has 4 aliphatic heterocycles. The fraction of sp³-hybridized carbons (Fsp3) is 0.457. The molecule has 3 aromatic carbocycles. The van der Waals surface area contributed by atoms with Crippen LogP contribution in [-0.2, 0) is 30.4 Å². The second-order valence-electron chi connectivity index (χ2n) is 17.0. The topological polar surface area (TPSA) is 187 Å². The van der Waals surface area contributed by atoms with Gasteiger partial charge in [0.05, 0.1) is 38.3 Å². The molecule has 2 saturated heterocycles. The number of likely N-dealkylation sites (N-methyl/N-ethyl adjacent to an activating group) is 1. The summed E-state index contributed by atoms with van der Waals surface area (Å²) in [7, 11) is 5.75. The number of hydrogen-bond acceptors (Lipinski definition) is 10. The van der Waals surface area contributed by atoms with Crippen LogP contribution in [0.3, 0.4) is 0 Å². The summed E-state index contributed by atoms with van der Waals surface area (Å²) in [5, 5.41) is 4.17. The predicted molar refractivity (Wildman–Crippen MR) is 231 cm³/mol. The van der Waals surface area contributed by atoms with E-state index in [1.54, 1.807) is 21.1 Å². The van der Waals surface area contributed by atoms with Gasteiger partial charge in [-0.3, -0.25) is 19.8 Å². The molecule has 0 bridgehead atoms. The molecule has 0 spiro atoms. The molecule has 16 nitrogen and oxygen atoms in total. The molecule has 1 aromatic heterocycles. The number of imidazole rings is 1. The lowest BCUT2D eigenvalue weighted by atomic mass is 9.92. The zero-order valence-corrected chi connectivity index (χ0v) is 36.6. The molecule has 0 radical (unpaired) electrons. The predicted octanol–water partition coefficient (Wildman–Crippen LogP) is 4.36. The normalized spacial score (nSPS) is 20.7. The minimum Gasteiger partial charge on any atom is -0.488 e. The van der Waals surface area contributed by atoms with E-state index in [0.717, 1.165) is 87.4 Å². The second-order valence-corrected chi connectivity index (χ2v) is 17.0. The largest absolute Gasteiger partial charge is 0.594 e. The van der Waals surface area contributed by atoms with Crippen LogP contribution >= 0.6 is 0 Å². The number of methoxy groups -OCH3 is 3. The van der Waals surface area contributed by atoms with Gasteiger partial charge in [0, 0.05) is 37.7 Å². The molecule has 4 aromatic rings. The highest BCUT2D eigenvalue weighted by molar-refractivity contribution is 6.05. The van der Waals surface area contributed by atoms with E-state index in [4.69, 9.17) is 28.9 Å². The minimum atomic E-state index is -0.708. The number of likely N-dealkylation sites (tertiary alicyclic amines) is 2. The van der Waals surface area contributed by atoms with Crippen molar-refractivity contribution in [3.63, 3.8) is 0 Å². The van der Waals surface area contributed by atoms with Crippen LogP contribution in [0.5, 0.6) is 5.75 Å². The lowest BCUT2D eigenvalue weighted by Crippen LogP contribution is -2.84. The first-order chi connectivity index (χ1) is 29.8. The first-order valence-electron chi connectivity index (χ1n) is 21.3. The van der Waals surface area contributed by atoms with Gasteiger partial charge in [-0.15, -0.1) is 4.99 Å². The summed E-state index contributed by atoms with van der Waals surface area (Å²) >= 11 is 0. The number of H-pyrrole nitrogens is 1. The zero-order valence-electron chi connectivity index (χ0n) is 36.6. The fourth-order valence-corrected chi connectivity index (χ4v) is 9.62. The average Bonchev–Trinajstić information content (AvgIpc) is 4.11. The van der Waals surface area contributed by atoms with Crippen molar-refractivity contribution in [1.29, 1.82) is 0 Å². The first kappa shape index (κ1) is 42.6. The van der Waals surface area contributed by atoms with Crippen LogP contribution in [-0.4, -0.2) is 120 Å². The Balaban J connectivity index is 1.01. The SMILES string of the molecule is COC(=O)[NH+]=CC(C(=O)N1CCCC1C1=Nc2ccc3cc4c(cc3c2[NH2+]1)OCc1cc(-c2cnc(C3CCC(C)N3C(=O)C(C(C)C)N(C)C(=O)OC)[nH]2)ccc1-4)C(C)OC. The number of aromatic nitrogens is 2. The van der Waals surface area contributed by atoms with E-state index in [9.17, 15) is 19.2 Å². The van der Waals surface area contributed by atoms with Gasteiger partial charge >= 0.3 is 12.2 Å². The number of amides is 4. The number of ether oxygens (including phenoxy) is 4. The van der Waals surface area contributed by atoms with Gasteiger partial charge in [0.1, 0.15) is 41.9 Å². The van der Waals surface area contributed by atoms with Crippen LogP contribution in [0.1, 0.15) is 70.8 Å². The number of aliphatic imine (C=N–C) groups is 1. The highest BCUT2D eigenvalue weighted by Crippen LogP contribution is 2.45. The Morgan fingerprint density at radius 3 is 2.53 bits per heavy atom. The van der Waals surface area contributed by atoms with Crippen LogP contribution in [0, 0.1) is 11.8 Å².